The van der Waals surface area contributed by atoms with Gasteiger partial charge in [-0.2, -0.15) is 0 Å². The quantitative estimate of drug-likeness (QED) is 0.666. The van der Waals surface area contributed by atoms with Gasteiger partial charge in [-0.05, 0) is 59.7 Å². The smallest absolute Gasteiger partial charge is 0.159 e. The van der Waals surface area contributed by atoms with Crippen LogP contribution in [0.3, 0.4) is 0 Å². The van der Waals surface area contributed by atoms with Crippen LogP contribution >= 0.6 is 0 Å². The molecule has 0 bridgehead atoms. The van der Waals surface area contributed by atoms with Gasteiger partial charge in [0.25, 0.3) is 0 Å². The number of anilines is 1. The van der Waals surface area contributed by atoms with Crippen molar-refractivity contribution in [2.45, 2.75) is 51.6 Å². The molecule has 2 aromatic rings. The van der Waals surface area contributed by atoms with Gasteiger partial charge in [-0.25, -0.2) is 0 Å². The van der Waals surface area contributed by atoms with Crippen molar-refractivity contribution in [3.8, 4) is 5.75 Å². The number of aromatic hydroxyl groups is 1. The minimum atomic E-state index is -0.108. The molecule has 2 aliphatic heterocycles. The normalized spacial score (nSPS) is 22.2. The number of hydrogen-bond donors (Lipinski definition) is 1. The number of methoxy groups -OCH3 is 2. The van der Waals surface area contributed by atoms with Gasteiger partial charge in [0.15, 0.2) is 6.29 Å². The number of phenols is 1. The van der Waals surface area contributed by atoms with E-state index in [2.05, 4.69) is 49.1 Å². The predicted molar refractivity (Wildman–Crippen MR) is 123 cm³/mol. The molecule has 31 heavy (non-hydrogen) atoms. The third-order valence-electron chi connectivity index (χ3n) is 6.88. The summed E-state index contributed by atoms with van der Waals surface area (Å²) in [5.74, 6) is 1.32. The first-order chi connectivity index (χ1) is 15.0. The van der Waals surface area contributed by atoms with Gasteiger partial charge < -0.3 is 24.2 Å². The highest BCUT2D eigenvalue weighted by Gasteiger charge is 2.34. The number of rotatable bonds is 6. The molecule has 0 aromatic heterocycles. The Bertz CT molecular complexity index is 854. The monoisotopic (exact) mass is 425 g/mol. The van der Waals surface area contributed by atoms with Crippen LogP contribution in [0.5, 0.6) is 5.75 Å². The Labute approximate surface area is 185 Å². The average Bonchev–Trinajstić information content (AvgIpc) is 2.79. The summed E-state index contributed by atoms with van der Waals surface area (Å²) in [5.41, 5.74) is 4.88. The Morgan fingerprint density at radius 2 is 1.68 bits per heavy atom. The molecule has 4 rings (SSSR count). The number of piperidine rings is 1. The second-order valence-electron chi connectivity index (χ2n) is 9.14. The number of phenolic OH excluding ortho intramolecular Hbond substituents is 1. The van der Waals surface area contributed by atoms with Crippen molar-refractivity contribution in [3.63, 3.8) is 0 Å². The first kappa shape index (κ1) is 22.1. The Hall–Kier alpha value is -2.08. The van der Waals surface area contributed by atoms with Crippen LogP contribution in [0.1, 0.15) is 49.3 Å². The van der Waals surface area contributed by atoms with Gasteiger partial charge in [0.2, 0.25) is 0 Å². The molecule has 0 aliphatic carbocycles. The van der Waals surface area contributed by atoms with Crippen LogP contribution < -0.4 is 4.90 Å². The molecule has 1 N–H and O–H groups in total. The topological polar surface area (TPSA) is 51.2 Å². The lowest BCUT2D eigenvalue weighted by atomic mass is 9.78. The second kappa shape index (κ2) is 9.60. The van der Waals surface area contributed by atoms with Crippen LogP contribution in [-0.2, 0) is 20.8 Å². The van der Waals surface area contributed by atoms with Gasteiger partial charge in [0.1, 0.15) is 5.75 Å². The summed E-state index contributed by atoms with van der Waals surface area (Å²) in [4.78, 5) is 2.45. The van der Waals surface area contributed by atoms with Crippen LogP contribution in [0.4, 0.5) is 5.69 Å². The second-order valence-corrected chi connectivity index (χ2v) is 9.14. The van der Waals surface area contributed by atoms with E-state index >= 15 is 0 Å². The fourth-order valence-electron chi connectivity index (χ4n) is 5.23. The molecule has 0 amide bonds. The molecule has 168 valence electrons. The lowest BCUT2D eigenvalue weighted by Gasteiger charge is -2.38. The van der Waals surface area contributed by atoms with E-state index in [-0.39, 0.29) is 18.3 Å². The molecule has 0 spiro atoms. The van der Waals surface area contributed by atoms with Crippen molar-refractivity contribution in [3.05, 3.63) is 59.2 Å². The van der Waals surface area contributed by atoms with Crippen molar-refractivity contribution in [1.82, 2.24) is 0 Å². The lowest BCUT2D eigenvalue weighted by Crippen LogP contribution is -2.39. The maximum atomic E-state index is 9.91. The summed E-state index contributed by atoms with van der Waals surface area (Å²) >= 11 is 0. The highest BCUT2D eigenvalue weighted by Crippen LogP contribution is 2.41. The van der Waals surface area contributed by atoms with E-state index in [1.165, 1.54) is 16.8 Å². The van der Waals surface area contributed by atoms with Crippen molar-refractivity contribution in [2.24, 2.45) is 11.8 Å². The predicted octanol–water partition coefficient (Wildman–Crippen LogP) is 4.91. The number of ether oxygens (including phenoxy) is 3. The van der Waals surface area contributed by atoms with Crippen LogP contribution in [0, 0.1) is 11.8 Å². The first-order valence-corrected chi connectivity index (χ1v) is 11.4. The van der Waals surface area contributed by atoms with Crippen molar-refractivity contribution >= 4 is 5.69 Å². The number of fused-ring (bicyclic) bond motifs is 1. The molecule has 2 heterocycles. The minimum Gasteiger partial charge on any atom is -0.508 e. The summed E-state index contributed by atoms with van der Waals surface area (Å²) in [7, 11) is 3.44. The summed E-state index contributed by atoms with van der Waals surface area (Å²) < 4.78 is 17.2. The van der Waals surface area contributed by atoms with Gasteiger partial charge >= 0.3 is 0 Å². The molecule has 1 fully saturated rings. The fraction of sp³-hybridized carbons (Fsp3) is 0.538. The standard InChI is InChI=1S/C26H35NO4/c1-17(2)25-24(23-10-9-22(28)15-20(23)16-31-25)18-5-7-21(8-6-18)27-13-11-19(12-14-27)26(29-3)30-4/h5-10,15,17,19,24-26,28H,11-14,16H2,1-4H3/t24-,25-/m0/s1. The van der Waals surface area contributed by atoms with E-state index < -0.39 is 0 Å². The molecule has 0 radical (unpaired) electrons. The zero-order valence-corrected chi connectivity index (χ0v) is 19.1. The summed E-state index contributed by atoms with van der Waals surface area (Å²) in [5, 5.41) is 9.91. The van der Waals surface area contributed by atoms with Crippen molar-refractivity contribution in [1.29, 1.82) is 0 Å². The van der Waals surface area contributed by atoms with E-state index in [0.717, 1.165) is 31.5 Å². The van der Waals surface area contributed by atoms with Crippen molar-refractivity contribution in [2.75, 3.05) is 32.2 Å². The zero-order chi connectivity index (χ0) is 22.0. The van der Waals surface area contributed by atoms with E-state index in [9.17, 15) is 5.11 Å². The number of hydrogen-bond acceptors (Lipinski definition) is 5. The lowest BCUT2D eigenvalue weighted by molar-refractivity contribution is -0.141. The molecule has 1 saturated heterocycles. The van der Waals surface area contributed by atoms with Crippen LogP contribution in [0.2, 0.25) is 0 Å². The van der Waals surface area contributed by atoms with Gasteiger partial charge in [-0.1, -0.05) is 32.0 Å². The summed E-state index contributed by atoms with van der Waals surface area (Å²) in [6, 6.07) is 14.7. The zero-order valence-electron chi connectivity index (χ0n) is 19.1. The maximum Gasteiger partial charge on any atom is 0.159 e. The highest BCUT2D eigenvalue weighted by atomic mass is 16.7. The molecule has 2 aliphatic rings. The highest BCUT2D eigenvalue weighted by molar-refractivity contribution is 5.51. The molecule has 0 saturated carbocycles. The number of nitrogens with zero attached hydrogens (tertiary/aromatic N) is 1. The van der Waals surface area contributed by atoms with Crippen LogP contribution in [0.15, 0.2) is 42.5 Å². The molecule has 2 aromatic carbocycles. The van der Waals surface area contributed by atoms with E-state index in [0.29, 0.717) is 24.2 Å². The molecule has 2 atom stereocenters. The largest absolute Gasteiger partial charge is 0.508 e. The summed E-state index contributed by atoms with van der Waals surface area (Å²) in [6.07, 6.45) is 2.15. The van der Waals surface area contributed by atoms with Gasteiger partial charge in [0.05, 0.1) is 12.7 Å². The fourth-order valence-corrected chi connectivity index (χ4v) is 5.23. The number of benzene rings is 2. The van der Waals surface area contributed by atoms with Crippen LogP contribution in [-0.4, -0.2) is 44.8 Å². The SMILES string of the molecule is COC(OC)C1CCN(c2ccc([C@H]3c4ccc(O)cc4CO[C@H]3C(C)C)cc2)CC1. The molecular weight excluding hydrogens is 390 g/mol. The van der Waals surface area contributed by atoms with Gasteiger partial charge in [-0.15, -0.1) is 0 Å². The Kier molecular flexibility index (Phi) is 6.85. The van der Waals surface area contributed by atoms with E-state index in [1.54, 1.807) is 20.3 Å². The Morgan fingerprint density at radius 1 is 1.00 bits per heavy atom. The third kappa shape index (κ3) is 4.59. The Morgan fingerprint density at radius 3 is 2.29 bits per heavy atom. The van der Waals surface area contributed by atoms with Gasteiger partial charge in [0, 0.05) is 44.8 Å². The summed E-state index contributed by atoms with van der Waals surface area (Å²) in [6.45, 7) is 7.01. The average molecular weight is 426 g/mol. The van der Waals surface area contributed by atoms with E-state index in [4.69, 9.17) is 14.2 Å². The Balaban J connectivity index is 1.52. The first-order valence-electron chi connectivity index (χ1n) is 11.4. The molecule has 5 heteroatoms. The maximum absolute atomic E-state index is 9.91. The van der Waals surface area contributed by atoms with Crippen molar-refractivity contribution < 1.29 is 19.3 Å². The molecule has 5 nitrogen and oxygen atoms in total. The molecule has 0 unspecified atom stereocenters. The third-order valence-corrected chi connectivity index (χ3v) is 6.88. The van der Waals surface area contributed by atoms with Crippen LogP contribution in [0.25, 0.3) is 0 Å². The minimum absolute atomic E-state index is 0.108. The van der Waals surface area contributed by atoms with Gasteiger partial charge in [-0.3, -0.25) is 0 Å². The van der Waals surface area contributed by atoms with E-state index in [1.807, 2.05) is 6.07 Å². The molecular formula is C26H35NO4.